The normalized spacial score (nSPS) is 13.5. The first-order chi connectivity index (χ1) is 6.30. The van der Waals surface area contributed by atoms with Crippen molar-refractivity contribution in [1.82, 2.24) is 4.31 Å². The van der Waals surface area contributed by atoms with Gasteiger partial charge < -0.3 is 4.74 Å². The van der Waals surface area contributed by atoms with Gasteiger partial charge in [0, 0.05) is 0 Å². The van der Waals surface area contributed by atoms with Crippen LogP contribution < -0.4 is 0 Å². The number of halogens is 3. The summed E-state index contributed by atoms with van der Waals surface area (Å²) in [5.41, 5.74) is 0. The number of alkyl halides is 3. The van der Waals surface area contributed by atoms with E-state index in [0.29, 0.717) is 6.42 Å². The Morgan fingerprint density at radius 1 is 1.57 bits per heavy atom. The second-order valence-electron chi connectivity index (χ2n) is 2.11. The number of rotatable bonds is 3. The van der Waals surface area contributed by atoms with E-state index in [-0.39, 0.29) is 6.61 Å². The molecule has 0 bridgehead atoms. The van der Waals surface area contributed by atoms with Crippen LogP contribution >= 0.6 is 0 Å². The maximum atomic E-state index is 11.9. The SMILES string of the molecule is CCCOC(=O)N(S(=O)O)C(F)(F)F. The predicted molar refractivity (Wildman–Crippen MR) is 40.3 cm³/mol. The maximum absolute atomic E-state index is 11.9. The third-order valence-corrected chi connectivity index (χ3v) is 1.65. The van der Waals surface area contributed by atoms with Gasteiger partial charge in [0.1, 0.15) is 0 Å². The number of carbonyl (C=O) groups excluding carboxylic acids is 1. The number of hydrogen-bond acceptors (Lipinski definition) is 3. The van der Waals surface area contributed by atoms with Crippen molar-refractivity contribution in [1.29, 1.82) is 0 Å². The summed E-state index contributed by atoms with van der Waals surface area (Å²) >= 11 is -3.47. The number of hydrogen-bond donors (Lipinski definition) is 1. The van der Waals surface area contributed by atoms with Crippen LogP contribution in [0.2, 0.25) is 0 Å². The number of carbonyl (C=O) groups is 1. The van der Waals surface area contributed by atoms with Crippen molar-refractivity contribution in [2.45, 2.75) is 19.6 Å². The van der Waals surface area contributed by atoms with E-state index < -0.39 is 28.0 Å². The Morgan fingerprint density at radius 2 is 2.07 bits per heavy atom. The van der Waals surface area contributed by atoms with Crippen LogP contribution in [-0.2, 0) is 16.0 Å². The van der Waals surface area contributed by atoms with Crippen molar-refractivity contribution < 1.29 is 31.5 Å². The molecule has 1 N–H and O–H groups in total. The molecule has 14 heavy (non-hydrogen) atoms. The molecule has 0 aromatic rings. The molecule has 0 aliphatic heterocycles. The molecular weight excluding hydrogens is 227 g/mol. The van der Waals surface area contributed by atoms with E-state index in [2.05, 4.69) is 4.74 Å². The average molecular weight is 235 g/mol. The highest BCUT2D eigenvalue weighted by atomic mass is 32.2. The van der Waals surface area contributed by atoms with Crippen LogP contribution in [0.4, 0.5) is 18.0 Å². The minimum Gasteiger partial charge on any atom is -0.449 e. The van der Waals surface area contributed by atoms with E-state index in [0.717, 1.165) is 0 Å². The van der Waals surface area contributed by atoms with Crippen LogP contribution in [0.1, 0.15) is 13.3 Å². The van der Waals surface area contributed by atoms with Crippen LogP contribution in [0.3, 0.4) is 0 Å². The van der Waals surface area contributed by atoms with Crippen LogP contribution in [0.5, 0.6) is 0 Å². The molecule has 0 rings (SSSR count). The Labute approximate surface area is 80.2 Å². The van der Waals surface area contributed by atoms with Gasteiger partial charge in [0.15, 0.2) is 0 Å². The molecule has 1 atom stereocenters. The first-order valence-electron chi connectivity index (χ1n) is 3.45. The Balaban J connectivity index is 4.51. The molecule has 0 aromatic heterocycles. The van der Waals surface area contributed by atoms with Gasteiger partial charge in [-0.3, -0.25) is 4.55 Å². The van der Waals surface area contributed by atoms with Crippen molar-refractivity contribution in [2.75, 3.05) is 6.61 Å². The van der Waals surface area contributed by atoms with Gasteiger partial charge in [-0.05, 0) is 6.42 Å². The Bertz CT molecular complexity index is 232. The molecule has 0 radical (unpaired) electrons. The lowest BCUT2D eigenvalue weighted by Gasteiger charge is -2.19. The highest BCUT2D eigenvalue weighted by Crippen LogP contribution is 2.23. The van der Waals surface area contributed by atoms with Crippen LogP contribution in [0, 0.1) is 0 Å². The fraction of sp³-hybridized carbons (Fsp3) is 0.800. The van der Waals surface area contributed by atoms with Crippen LogP contribution in [-0.4, -0.2) is 32.1 Å². The quantitative estimate of drug-likeness (QED) is 0.594. The lowest BCUT2D eigenvalue weighted by molar-refractivity contribution is -0.198. The van der Waals surface area contributed by atoms with E-state index in [1.54, 1.807) is 6.92 Å². The summed E-state index contributed by atoms with van der Waals surface area (Å²) < 4.78 is 57.0. The van der Waals surface area contributed by atoms with Gasteiger partial charge in [-0.1, -0.05) is 6.92 Å². The van der Waals surface area contributed by atoms with Gasteiger partial charge >= 0.3 is 12.4 Å². The second-order valence-corrected chi connectivity index (χ2v) is 2.93. The summed E-state index contributed by atoms with van der Waals surface area (Å²) in [7, 11) is 0. The van der Waals surface area contributed by atoms with E-state index >= 15 is 0 Å². The van der Waals surface area contributed by atoms with Gasteiger partial charge in [0.2, 0.25) is 0 Å². The fourth-order valence-electron chi connectivity index (χ4n) is 0.504. The summed E-state index contributed by atoms with van der Waals surface area (Å²) in [5.74, 6) is 0. The number of ether oxygens (including phenoxy) is 1. The van der Waals surface area contributed by atoms with Crippen molar-refractivity contribution in [3.63, 3.8) is 0 Å². The Hall–Kier alpha value is -0.830. The standard InChI is InChI=1S/C5H8F3NO4S/c1-2-3-13-4(10)9(14(11)12)5(6,7)8/h2-3H2,1H3,(H,11,12). The van der Waals surface area contributed by atoms with Crippen molar-refractivity contribution >= 4 is 17.4 Å². The third kappa shape index (κ3) is 3.92. The zero-order valence-corrected chi connectivity index (χ0v) is 7.89. The van der Waals surface area contributed by atoms with E-state index in [1.807, 2.05) is 0 Å². The van der Waals surface area contributed by atoms with Crippen LogP contribution in [0.25, 0.3) is 0 Å². The van der Waals surface area contributed by atoms with E-state index in [1.165, 1.54) is 0 Å². The highest BCUT2D eigenvalue weighted by molar-refractivity contribution is 7.77. The van der Waals surface area contributed by atoms with Crippen molar-refractivity contribution in [3.8, 4) is 0 Å². The van der Waals surface area contributed by atoms with Gasteiger partial charge in [-0.25, -0.2) is 9.00 Å². The molecule has 0 spiro atoms. The molecule has 5 nitrogen and oxygen atoms in total. The molecule has 9 heteroatoms. The average Bonchev–Trinajstić information content (AvgIpc) is 1.97. The molecule has 84 valence electrons. The first kappa shape index (κ1) is 13.2. The number of amides is 1. The molecule has 0 saturated carbocycles. The molecule has 0 heterocycles. The summed E-state index contributed by atoms with van der Waals surface area (Å²) in [6, 6.07) is 0. The van der Waals surface area contributed by atoms with E-state index in [4.69, 9.17) is 4.55 Å². The molecule has 1 amide bonds. The number of nitrogens with zero attached hydrogens (tertiary/aromatic N) is 1. The minimum atomic E-state index is -5.23. The van der Waals surface area contributed by atoms with Gasteiger partial charge in [-0.2, -0.15) is 0 Å². The Morgan fingerprint density at radius 3 is 2.36 bits per heavy atom. The predicted octanol–water partition coefficient (Wildman–Crippen LogP) is 1.49. The van der Waals surface area contributed by atoms with Crippen molar-refractivity contribution in [3.05, 3.63) is 0 Å². The molecule has 1 unspecified atom stereocenters. The topological polar surface area (TPSA) is 66.8 Å². The molecule has 0 aliphatic carbocycles. The fourth-order valence-corrected chi connectivity index (χ4v) is 0.861. The van der Waals surface area contributed by atoms with Gasteiger partial charge in [-0.15, -0.1) is 17.5 Å². The molecule has 0 fully saturated rings. The lowest BCUT2D eigenvalue weighted by Crippen LogP contribution is -2.44. The van der Waals surface area contributed by atoms with Gasteiger partial charge in [0.25, 0.3) is 11.3 Å². The monoisotopic (exact) mass is 235 g/mol. The van der Waals surface area contributed by atoms with Gasteiger partial charge in [0.05, 0.1) is 6.61 Å². The zero-order chi connectivity index (χ0) is 11.4. The second kappa shape index (κ2) is 5.15. The molecule has 0 saturated heterocycles. The smallest absolute Gasteiger partial charge is 0.449 e. The summed E-state index contributed by atoms with van der Waals surface area (Å²) in [6.45, 7) is 1.32. The third-order valence-electron chi connectivity index (χ3n) is 0.982. The minimum absolute atomic E-state index is 0.247. The summed E-state index contributed by atoms with van der Waals surface area (Å²) in [5, 5.41) is 0. The molecule has 0 aliphatic rings. The van der Waals surface area contributed by atoms with Crippen molar-refractivity contribution in [2.24, 2.45) is 0 Å². The van der Waals surface area contributed by atoms with E-state index in [9.17, 15) is 22.2 Å². The molecular formula is C5H8F3NO4S. The largest absolute Gasteiger partial charge is 0.503 e. The highest BCUT2D eigenvalue weighted by Gasteiger charge is 2.46. The summed E-state index contributed by atoms with van der Waals surface area (Å²) in [4.78, 5) is 10.6. The lowest BCUT2D eigenvalue weighted by atomic mass is 10.5. The van der Waals surface area contributed by atoms with Crippen LogP contribution in [0.15, 0.2) is 0 Å². The maximum Gasteiger partial charge on any atom is 0.503 e. The first-order valence-corrected chi connectivity index (χ1v) is 4.51. The Kier molecular flexibility index (Phi) is 4.85. The zero-order valence-electron chi connectivity index (χ0n) is 7.08. The summed E-state index contributed by atoms with van der Waals surface area (Å²) in [6.07, 6.45) is -6.81. The molecule has 0 aromatic carbocycles.